The van der Waals surface area contributed by atoms with Gasteiger partial charge in [0, 0.05) is 19.4 Å². The molecular formula is C18H22O7S. The van der Waals surface area contributed by atoms with Gasteiger partial charge in [-0.2, -0.15) is 0 Å². The maximum atomic E-state index is 11.7. The Morgan fingerprint density at radius 2 is 1.69 bits per heavy atom. The summed E-state index contributed by atoms with van der Waals surface area (Å²) in [5, 5.41) is 0. The van der Waals surface area contributed by atoms with Crippen molar-refractivity contribution in [3.05, 3.63) is 35.9 Å². The number of rotatable bonds is 4. The third-order valence-electron chi connectivity index (χ3n) is 4.19. The highest BCUT2D eigenvalue weighted by molar-refractivity contribution is 7.99. The van der Waals surface area contributed by atoms with E-state index in [0.717, 1.165) is 5.56 Å². The van der Waals surface area contributed by atoms with E-state index in [2.05, 4.69) is 0 Å². The monoisotopic (exact) mass is 382 g/mol. The zero-order valence-corrected chi connectivity index (χ0v) is 15.6. The van der Waals surface area contributed by atoms with Gasteiger partial charge in [-0.3, -0.25) is 9.59 Å². The fraction of sp³-hybridized carbons (Fsp3) is 0.556. The predicted molar refractivity (Wildman–Crippen MR) is 93.3 cm³/mol. The van der Waals surface area contributed by atoms with Gasteiger partial charge in [0.05, 0.1) is 6.61 Å². The topological polar surface area (TPSA) is 80.3 Å². The summed E-state index contributed by atoms with van der Waals surface area (Å²) < 4.78 is 28.8. The third kappa shape index (κ3) is 4.20. The summed E-state index contributed by atoms with van der Waals surface area (Å²) in [5.41, 5.74) is 0.369. The Balaban J connectivity index is 1.86. The highest BCUT2D eigenvalue weighted by Crippen LogP contribution is 2.38. The first-order chi connectivity index (χ1) is 12.5. The van der Waals surface area contributed by atoms with Crippen molar-refractivity contribution < 1.29 is 33.3 Å². The lowest BCUT2D eigenvalue weighted by molar-refractivity contribution is -0.320. The molecule has 26 heavy (non-hydrogen) atoms. The molecule has 1 aromatic carbocycles. The summed E-state index contributed by atoms with van der Waals surface area (Å²) in [6.45, 7) is 2.91. The van der Waals surface area contributed by atoms with Gasteiger partial charge in [0.1, 0.15) is 17.6 Å². The number of benzene rings is 1. The van der Waals surface area contributed by atoms with Crippen molar-refractivity contribution in [2.24, 2.45) is 0 Å². The molecule has 2 fully saturated rings. The first kappa shape index (κ1) is 19.2. The smallest absolute Gasteiger partial charge is 0.303 e. The average Bonchev–Trinajstić information content (AvgIpc) is 2.63. The van der Waals surface area contributed by atoms with Crippen LogP contribution in [0.4, 0.5) is 0 Å². The highest BCUT2D eigenvalue weighted by atomic mass is 32.2. The number of thioether (sulfide) groups is 1. The molecule has 2 saturated heterocycles. The lowest BCUT2D eigenvalue weighted by atomic mass is 9.98. The van der Waals surface area contributed by atoms with Gasteiger partial charge in [-0.25, -0.2) is 0 Å². The number of esters is 2. The Bertz CT molecular complexity index is 638. The first-order valence-corrected chi connectivity index (χ1v) is 9.63. The summed E-state index contributed by atoms with van der Waals surface area (Å²) in [4.78, 5) is 23.2. The van der Waals surface area contributed by atoms with Crippen LogP contribution in [0, 0.1) is 0 Å². The lowest BCUT2D eigenvalue weighted by Crippen LogP contribution is -2.63. The molecule has 0 radical (unpaired) electrons. The molecule has 2 aliphatic rings. The third-order valence-corrected chi connectivity index (χ3v) is 5.04. The normalized spacial score (nSPS) is 33.8. The molecule has 142 valence electrons. The molecule has 2 heterocycles. The number of fused-ring (bicyclic) bond motifs is 1. The van der Waals surface area contributed by atoms with Crippen LogP contribution in [0.5, 0.6) is 0 Å². The molecule has 0 spiro atoms. The van der Waals surface area contributed by atoms with Crippen molar-refractivity contribution in [2.45, 2.75) is 50.0 Å². The van der Waals surface area contributed by atoms with Gasteiger partial charge in [0.25, 0.3) is 0 Å². The van der Waals surface area contributed by atoms with Crippen molar-refractivity contribution >= 4 is 23.7 Å². The zero-order chi connectivity index (χ0) is 18.7. The Labute approximate surface area is 156 Å². The molecule has 0 bridgehead atoms. The van der Waals surface area contributed by atoms with Crippen LogP contribution in [-0.4, -0.2) is 54.7 Å². The Morgan fingerprint density at radius 3 is 2.31 bits per heavy atom. The van der Waals surface area contributed by atoms with Crippen molar-refractivity contribution in [3.63, 3.8) is 0 Å². The van der Waals surface area contributed by atoms with Gasteiger partial charge in [0.2, 0.25) is 0 Å². The van der Waals surface area contributed by atoms with E-state index in [1.54, 1.807) is 0 Å². The van der Waals surface area contributed by atoms with Gasteiger partial charge in [-0.05, 0) is 6.26 Å². The van der Waals surface area contributed by atoms with Crippen LogP contribution in [-0.2, 0) is 33.3 Å². The maximum absolute atomic E-state index is 11.7. The van der Waals surface area contributed by atoms with E-state index in [-0.39, 0.29) is 6.61 Å². The molecular weight excluding hydrogens is 360 g/mol. The molecule has 0 N–H and O–H groups in total. The first-order valence-electron chi connectivity index (χ1n) is 8.34. The standard InChI is InChI=1S/C18H22O7S/c1-10(19)22-15-14-13(24-18(26-3)16(15)23-11(2)20)9-21-17(25-14)12-7-5-4-6-8-12/h4-8,13-18H,9H2,1-3H3/t13-,14-,15+,16-,17-,18+/m1/s1. The van der Waals surface area contributed by atoms with Crippen molar-refractivity contribution in [2.75, 3.05) is 12.9 Å². The minimum Gasteiger partial charge on any atom is -0.456 e. The molecule has 2 aliphatic heterocycles. The molecule has 0 amide bonds. The number of ether oxygens (including phenoxy) is 5. The molecule has 0 aromatic heterocycles. The number of carbonyl (C=O) groups excluding carboxylic acids is 2. The van der Waals surface area contributed by atoms with Gasteiger partial charge in [0.15, 0.2) is 18.5 Å². The summed E-state index contributed by atoms with van der Waals surface area (Å²) >= 11 is 1.38. The fourth-order valence-electron chi connectivity index (χ4n) is 3.16. The minimum absolute atomic E-state index is 0.284. The van der Waals surface area contributed by atoms with Gasteiger partial charge >= 0.3 is 11.9 Å². The Morgan fingerprint density at radius 1 is 1.04 bits per heavy atom. The van der Waals surface area contributed by atoms with Crippen molar-refractivity contribution in [1.82, 2.24) is 0 Å². The van der Waals surface area contributed by atoms with E-state index in [9.17, 15) is 9.59 Å². The second kappa shape index (κ2) is 8.39. The van der Waals surface area contributed by atoms with Crippen LogP contribution in [0.1, 0.15) is 25.7 Å². The van der Waals surface area contributed by atoms with Gasteiger partial charge < -0.3 is 23.7 Å². The van der Waals surface area contributed by atoms with E-state index >= 15 is 0 Å². The second-order valence-electron chi connectivity index (χ2n) is 6.10. The largest absolute Gasteiger partial charge is 0.456 e. The van der Waals surface area contributed by atoms with Gasteiger partial charge in [-0.1, -0.05) is 30.3 Å². The minimum atomic E-state index is -0.775. The lowest BCUT2D eigenvalue weighted by Gasteiger charge is -2.48. The van der Waals surface area contributed by atoms with E-state index < -0.39 is 48.1 Å². The summed E-state index contributed by atoms with van der Waals surface area (Å²) in [6.07, 6.45) is -1.34. The van der Waals surface area contributed by atoms with Crippen molar-refractivity contribution in [3.8, 4) is 0 Å². The van der Waals surface area contributed by atoms with Crippen LogP contribution in [0.3, 0.4) is 0 Å². The van der Waals surface area contributed by atoms with Crippen LogP contribution >= 0.6 is 11.8 Å². The highest BCUT2D eigenvalue weighted by Gasteiger charge is 2.53. The Kier molecular flexibility index (Phi) is 6.18. The molecule has 0 unspecified atom stereocenters. The number of hydrogen-bond acceptors (Lipinski definition) is 8. The van der Waals surface area contributed by atoms with Crippen LogP contribution in [0.15, 0.2) is 30.3 Å². The summed E-state index contributed by atoms with van der Waals surface area (Å²) in [6, 6.07) is 9.47. The van der Waals surface area contributed by atoms with Crippen molar-refractivity contribution in [1.29, 1.82) is 0 Å². The summed E-state index contributed by atoms with van der Waals surface area (Å²) in [7, 11) is 0. The van der Waals surface area contributed by atoms with E-state index in [1.807, 2.05) is 36.6 Å². The van der Waals surface area contributed by atoms with Gasteiger partial charge in [-0.15, -0.1) is 11.8 Å². The molecule has 6 atom stereocenters. The number of hydrogen-bond donors (Lipinski definition) is 0. The fourth-order valence-corrected chi connectivity index (χ4v) is 3.89. The summed E-state index contributed by atoms with van der Waals surface area (Å²) in [5.74, 6) is -0.945. The van der Waals surface area contributed by atoms with E-state index in [0.29, 0.717) is 0 Å². The van der Waals surface area contributed by atoms with E-state index in [1.165, 1.54) is 25.6 Å². The number of carbonyl (C=O) groups is 2. The molecule has 0 saturated carbocycles. The van der Waals surface area contributed by atoms with E-state index in [4.69, 9.17) is 23.7 Å². The van der Waals surface area contributed by atoms with Crippen LogP contribution < -0.4 is 0 Å². The molecule has 8 heteroatoms. The molecule has 7 nitrogen and oxygen atoms in total. The maximum Gasteiger partial charge on any atom is 0.303 e. The molecule has 0 aliphatic carbocycles. The van der Waals surface area contributed by atoms with Crippen LogP contribution in [0.2, 0.25) is 0 Å². The Hall–Kier alpha value is -1.61. The van der Waals surface area contributed by atoms with Crippen LogP contribution in [0.25, 0.3) is 0 Å². The predicted octanol–water partition coefficient (Wildman–Crippen LogP) is 2.05. The SMILES string of the molecule is CS[C@@H]1O[C@@H]2CO[C@@H](c3ccccc3)O[C@H]2[C@H](OC(C)=O)[C@H]1OC(C)=O. The quantitative estimate of drug-likeness (QED) is 0.732. The second-order valence-corrected chi connectivity index (χ2v) is 7.04. The zero-order valence-electron chi connectivity index (χ0n) is 14.8. The molecule has 3 rings (SSSR count). The average molecular weight is 382 g/mol. The molecule has 1 aromatic rings.